The van der Waals surface area contributed by atoms with E-state index >= 15 is 0 Å². The third-order valence-electron chi connectivity index (χ3n) is 5.39. The fourth-order valence-electron chi connectivity index (χ4n) is 3.78. The van der Waals surface area contributed by atoms with Gasteiger partial charge in [0.1, 0.15) is 5.75 Å². The molecule has 0 unspecified atom stereocenters. The smallest absolute Gasteiger partial charge is 0.272 e. The molecule has 3 aromatic carbocycles. The van der Waals surface area contributed by atoms with E-state index in [0.29, 0.717) is 27.5 Å². The first-order chi connectivity index (χ1) is 15.8. The minimum atomic E-state index is -0.290. The number of benzene rings is 3. The van der Waals surface area contributed by atoms with Gasteiger partial charge in [0.05, 0.1) is 22.3 Å². The van der Waals surface area contributed by atoms with Gasteiger partial charge in [-0.2, -0.15) is 0 Å². The van der Waals surface area contributed by atoms with Gasteiger partial charge < -0.3 is 4.74 Å². The molecule has 2 amide bonds. The van der Waals surface area contributed by atoms with E-state index in [9.17, 15) is 9.59 Å². The van der Waals surface area contributed by atoms with Crippen LogP contribution < -0.4 is 9.64 Å². The number of imide groups is 1. The lowest BCUT2D eigenvalue weighted by Crippen LogP contribution is -2.32. The van der Waals surface area contributed by atoms with Gasteiger partial charge in [0.25, 0.3) is 11.8 Å². The predicted octanol–water partition coefficient (Wildman–Crippen LogP) is 6.31. The molecule has 0 aliphatic carbocycles. The molecule has 0 atom stereocenters. The Balaban J connectivity index is 1.74. The summed E-state index contributed by atoms with van der Waals surface area (Å²) in [5.41, 5.74) is 4.78. The molecule has 168 valence electrons. The lowest BCUT2D eigenvalue weighted by atomic mass is 10.1. The number of carbonyl (C=O) groups is 2. The van der Waals surface area contributed by atoms with Crippen LogP contribution in [0.15, 0.2) is 77.7 Å². The highest BCUT2D eigenvalue weighted by Gasteiger charge is 2.40. The Hall–Kier alpha value is -3.31. The zero-order valence-electron chi connectivity index (χ0n) is 19.3. The van der Waals surface area contributed by atoms with Gasteiger partial charge in [0.15, 0.2) is 0 Å². The molecule has 0 saturated heterocycles. The molecule has 3 aromatic rings. The molecule has 0 bridgehead atoms. The quantitative estimate of drug-likeness (QED) is 0.390. The molecule has 4 rings (SSSR count). The van der Waals surface area contributed by atoms with Crippen LogP contribution in [-0.4, -0.2) is 17.9 Å². The van der Waals surface area contributed by atoms with Gasteiger partial charge in [0, 0.05) is 5.75 Å². The molecule has 4 nitrogen and oxygen atoms in total. The maximum atomic E-state index is 13.7. The van der Waals surface area contributed by atoms with Crippen LogP contribution in [0.3, 0.4) is 0 Å². The molecular weight excluding hydrogens is 430 g/mol. The summed E-state index contributed by atoms with van der Waals surface area (Å²) in [5.74, 6) is 0.776. The molecule has 0 N–H and O–H groups in total. The van der Waals surface area contributed by atoms with Crippen molar-refractivity contribution in [3.63, 3.8) is 0 Å². The summed E-state index contributed by atoms with van der Waals surface area (Å²) < 4.78 is 5.75. The molecule has 5 heteroatoms. The average molecular weight is 458 g/mol. The Morgan fingerprint density at radius 3 is 2.24 bits per heavy atom. The van der Waals surface area contributed by atoms with E-state index in [1.165, 1.54) is 16.7 Å². The molecule has 1 aliphatic rings. The fourth-order valence-corrected chi connectivity index (χ4v) is 4.85. The van der Waals surface area contributed by atoms with Crippen LogP contribution in [0.4, 0.5) is 5.69 Å². The van der Waals surface area contributed by atoms with E-state index in [1.54, 1.807) is 0 Å². The lowest BCUT2D eigenvalue weighted by Gasteiger charge is -2.18. The summed E-state index contributed by atoms with van der Waals surface area (Å²) >= 11 is 1.41. The molecule has 0 saturated carbocycles. The number of rotatable bonds is 7. The van der Waals surface area contributed by atoms with E-state index < -0.39 is 0 Å². The number of hydrogen-bond acceptors (Lipinski definition) is 4. The second kappa shape index (κ2) is 9.67. The number of hydrogen-bond donors (Lipinski definition) is 0. The zero-order chi connectivity index (χ0) is 23.5. The van der Waals surface area contributed by atoms with E-state index in [2.05, 4.69) is 0 Å². The average Bonchev–Trinajstić information content (AvgIpc) is 3.04. The first-order valence-electron chi connectivity index (χ1n) is 11.0. The van der Waals surface area contributed by atoms with E-state index in [4.69, 9.17) is 4.74 Å². The number of carbonyl (C=O) groups excluding carboxylic acids is 2. The molecule has 33 heavy (non-hydrogen) atoms. The van der Waals surface area contributed by atoms with Gasteiger partial charge in [0.2, 0.25) is 0 Å². The molecule has 1 aliphatic heterocycles. The molecule has 0 spiro atoms. The zero-order valence-corrected chi connectivity index (χ0v) is 20.1. The summed E-state index contributed by atoms with van der Waals surface area (Å²) in [6.07, 6.45) is 0.0570. The normalized spacial score (nSPS) is 13.9. The first kappa shape index (κ1) is 22.9. The lowest BCUT2D eigenvalue weighted by molar-refractivity contribution is -0.119. The fraction of sp³-hybridized carbons (Fsp3) is 0.214. The van der Waals surface area contributed by atoms with Crippen LogP contribution in [0.5, 0.6) is 5.75 Å². The SMILES string of the molecule is Cc1ccc(C)c(N2C(=O)C(SCc3ccccc3)=C(c3ccc(OC(C)C)cc3)C2=O)c1. The number of amides is 2. The van der Waals surface area contributed by atoms with Crippen molar-refractivity contribution in [2.75, 3.05) is 4.90 Å². The van der Waals surface area contributed by atoms with Gasteiger partial charge >= 0.3 is 0 Å². The molecular formula is C28H27NO3S. The third-order valence-corrected chi connectivity index (χ3v) is 6.53. The summed E-state index contributed by atoms with van der Waals surface area (Å²) in [6, 6.07) is 23.2. The van der Waals surface area contributed by atoms with Crippen LogP contribution in [-0.2, 0) is 15.3 Å². The number of ether oxygens (including phenoxy) is 1. The van der Waals surface area contributed by atoms with Crippen LogP contribution in [0.1, 0.15) is 36.1 Å². The predicted molar refractivity (Wildman–Crippen MR) is 135 cm³/mol. The maximum Gasteiger partial charge on any atom is 0.272 e. The Bertz CT molecular complexity index is 1210. The minimum Gasteiger partial charge on any atom is -0.491 e. The Morgan fingerprint density at radius 1 is 0.879 bits per heavy atom. The van der Waals surface area contributed by atoms with Crippen LogP contribution in [0.25, 0.3) is 5.57 Å². The summed E-state index contributed by atoms with van der Waals surface area (Å²) in [7, 11) is 0. The topological polar surface area (TPSA) is 46.6 Å². The standard InChI is InChI=1S/C28H27NO3S/c1-18(2)32-23-14-12-22(13-15-23)25-26(33-17-21-8-6-5-7-9-21)28(31)29(27(25)30)24-16-19(3)10-11-20(24)4/h5-16,18H,17H2,1-4H3. The van der Waals surface area contributed by atoms with Gasteiger partial charge in [-0.3, -0.25) is 9.59 Å². The Morgan fingerprint density at radius 2 is 1.58 bits per heavy atom. The Labute approximate surface area is 199 Å². The number of thioether (sulfide) groups is 1. The van der Waals surface area contributed by atoms with Crippen molar-refractivity contribution in [1.82, 2.24) is 0 Å². The first-order valence-corrected chi connectivity index (χ1v) is 12.0. The van der Waals surface area contributed by atoms with E-state index in [0.717, 1.165) is 22.4 Å². The minimum absolute atomic E-state index is 0.0570. The second-order valence-electron chi connectivity index (χ2n) is 8.41. The van der Waals surface area contributed by atoms with Crippen molar-refractivity contribution in [2.45, 2.75) is 39.6 Å². The van der Waals surface area contributed by atoms with Gasteiger partial charge in [-0.05, 0) is 68.1 Å². The summed E-state index contributed by atoms with van der Waals surface area (Å²) in [4.78, 5) is 29.1. The number of nitrogens with zero attached hydrogens (tertiary/aromatic N) is 1. The number of aryl methyl sites for hydroxylation is 2. The van der Waals surface area contributed by atoms with Crippen molar-refractivity contribution in [1.29, 1.82) is 0 Å². The number of anilines is 1. The molecule has 1 heterocycles. The second-order valence-corrected chi connectivity index (χ2v) is 9.39. The van der Waals surface area contributed by atoms with Gasteiger partial charge in [-0.25, -0.2) is 4.90 Å². The summed E-state index contributed by atoms with van der Waals surface area (Å²) in [6.45, 7) is 7.81. The van der Waals surface area contributed by atoms with Crippen LogP contribution in [0, 0.1) is 13.8 Å². The Kier molecular flexibility index (Phi) is 6.70. The monoisotopic (exact) mass is 457 g/mol. The highest BCUT2D eigenvalue weighted by atomic mass is 32.2. The van der Waals surface area contributed by atoms with E-state index in [1.807, 2.05) is 100 Å². The largest absolute Gasteiger partial charge is 0.491 e. The highest BCUT2D eigenvalue weighted by Crippen LogP contribution is 2.41. The maximum absolute atomic E-state index is 13.7. The van der Waals surface area contributed by atoms with Crippen molar-refractivity contribution < 1.29 is 14.3 Å². The van der Waals surface area contributed by atoms with Crippen molar-refractivity contribution in [3.05, 3.63) is 100.0 Å². The molecule has 0 fully saturated rings. The highest BCUT2D eigenvalue weighted by molar-refractivity contribution is 8.03. The van der Waals surface area contributed by atoms with E-state index in [-0.39, 0.29) is 17.9 Å². The molecule has 0 aromatic heterocycles. The van der Waals surface area contributed by atoms with Crippen molar-refractivity contribution in [2.24, 2.45) is 0 Å². The van der Waals surface area contributed by atoms with Gasteiger partial charge in [-0.1, -0.05) is 54.6 Å². The van der Waals surface area contributed by atoms with Gasteiger partial charge in [-0.15, -0.1) is 11.8 Å². The third kappa shape index (κ3) is 4.88. The van der Waals surface area contributed by atoms with Crippen LogP contribution >= 0.6 is 11.8 Å². The van der Waals surface area contributed by atoms with Crippen molar-refractivity contribution >= 4 is 34.8 Å². The molecule has 0 radical (unpaired) electrons. The summed E-state index contributed by atoms with van der Waals surface area (Å²) in [5, 5.41) is 0. The van der Waals surface area contributed by atoms with Crippen molar-refractivity contribution in [3.8, 4) is 5.75 Å². The van der Waals surface area contributed by atoms with Crippen LogP contribution in [0.2, 0.25) is 0 Å².